The molecule has 3 aliphatic rings. The van der Waals surface area contributed by atoms with Gasteiger partial charge in [0.15, 0.2) is 0 Å². The Labute approximate surface area is 167 Å². The van der Waals surface area contributed by atoms with Gasteiger partial charge < -0.3 is 20.3 Å². The largest absolute Gasteiger partial charge is 0.369 e. The zero-order valence-electron chi connectivity index (χ0n) is 17.2. The van der Waals surface area contributed by atoms with Gasteiger partial charge in [0.05, 0.1) is 18.2 Å². The molecule has 2 N–H and O–H groups in total. The Morgan fingerprint density at radius 3 is 2.86 bits per heavy atom. The molecule has 2 bridgehead atoms. The summed E-state index contributed by atoms with van der Waals surface area (Å²) in [7, 11) is 0. The Morgan fingerprint density at radius 1 is 1.32 bits per heavy atom. The Morgan fingerprint density at radius 2 is 2.11 bits per heavy atom. The molecule has 28 heavy (non-hydrogen) atoms. The second-order valence-corrected chi connectivity index (χ2v) is 8.97. The van der Waals surface area contributed by atoms with Crippen LogP contribution in [0.1, 0.15) is 48.2 Å². The smallest absolute Gasteiger partial charge is 0.317 e. The van der Waals surface area contributed by atoms with Gasteiger partial charge in [0.2, 0.25) is 0 Å². The van der Waals surface area contributed by atoms with Crippen molar-refractivity contribution in [3.05, 3.63) is 34.9 Å². The Bertz CT molecular complexity index is 793. The number of likely N-dealkylation sites (tertiary alicyclic amines) is 1. The first-order chi connectivity index (χ1) is 13.3. The first kappa shape index (κ1) is 19.2. The zero-order valence-corrected chi connectivity index (χ0v) is 17.2. The van der Waals surface area contributed by atoms with E-state index in [9.17, 15) is 9.59 Å². The van der Waals surface area contributed by atoms with Gasteiger partial charge >= 0.3 is 6.03 Å². The number of hydrogen-bond donors (Lipinski definition) is 2. The van der Waals surface area contributed by atoms with Crippen LogP contribution < -0.4 is 10.6 Å². The minimum absolute atomic E-state index is 0.0102. The van der Waals surface area contributed by atoms with E-state index in [4.69, 9.17) is 4.74 Å². The van der Waals surface area contributed by atoms with E-state index in [0.29, 0.717) is 25.6 Å². The number of benzene rings is 1. The van der Waals surface area contributed by atoms with E-state index in [1.807, 2.05) is 50.8 Å². The molecule has 3 saturated heterocycles. The third-order valence-corrected chi connectivity index (χ3v) is 6.83. The lowest BCUT2D eigenvalue weighted by molar-refractivity contribution is 0.00548. The normalized spacial score (nSPS) is 30.6. The van der Waals surface area contributed by atoms with Crippen molar-refractivity contribution in [1.29, 1.82) is 0 Å². The summed E-state index contributed by atoms with van der Waals surface area (Å²) in [6.45, 7) is 9.93. The molecule has 1 aromatic rings. The number of ether oxygens (including phenoxy) is 1. The van der Waals surface area contributed by atoms with E-state index in [0.717, 1.165) is 29.5 Å². The van der Waals surface area contributed by atoms with E-state index in [2.05, 4.69) is 10.6 Å². The monoisotopic (exact) mass is 385 g/mol. The summed E-state index contributed by atoms with van der Waals surface area (Å²) in [4.78, 5) is 27.1. The van der Waals surface area contributed by atoms with Crippen molar-refractivity contribution in [2.24, 2.45) is 11.8 Å². The van der Waals surface area contributed by atoms with Crippen LogP contribution in [0.25, 0.3) is 0 Å². The van der Waals surface area contributed by atoms with Crippen molar-refractivity contribution in [2.75, 3.05) is 19.6 Å². The number of fused-ring (bicyclic) bond motifs is 1. The summed E-state index contributed by atoms with van der Waals surface area (Å²) < 4.78 is 6.39. The molecule has 3 aliphatic heterocycles. The predicted octanol–water partition coefficient (Wildman–Crippen LogP) is 2.63. The second-order valence-electron chi connectivity index (χ2n) is 8.97. The van der Waals surface area contributed by atoms with Gasteiger partial charge in [-0.2, -0.15) is 0 Å². The number of carbonyl (C=O) groups is 2. The van der Waals surface area contributed by atoms with Gasteiger partial charge in [0.1, 0.15) is 0 Å². The highest BCUT2D eigenvalue weighted by Crippen LogP contribution is 2.54. The van der Waals surface area contributed by atoms with Gasteiger partial charge in [-0.15, -0.1) is 0 Å². The van der Waals surface area contributed by atoms with Crippen LogP contribution in [-0.4, -0.2) is 54.2 Å². The molecule has 0 saturated carbocycles. The first-order valence-electron chi connectivity index (χ1n) is 10.4. The van der Waals surface area contributed by atoms with Gasteiger partial charge in [-0.05, 0) is 57.7 Å². The maximum Gasteiger partial charge on any atom is 0.317 e. The molecule has 4 rings (SSSR count). The molecule has 0 radical (unpaired) electrons. The van der Waals surface area contributed by atoms with Crippen LogP contribution in [0.5, 0.6) is 0 Å². The quantitative estimate of drug-likeness (QED) is 0.837. The Hall–Kier alpha value is -2.08. The minimum atomic E-state index is -0.215. The molecule has 152 valence electrons. The van der Waals surface area contributed by atoms with Crippen molar-refractivity contribution in [2.45, 2.75) is 58.3 Å². The average Bonchev–Trinajstić information content (AvgIpc) is 3.30. The molecule has 1 aromatic carbocycles. The topological polar surface area (TPSA) is 70.7 Å². The summed E-state index contributed by atoms with van der Waals surface area (Å²) in [5, 5.41) is 6.13. The summed E-state index contributed by atoms with van der Waals surface area (Å²) in [5.74, 6) is 0.535. The number of nitrogens with zero attached hydrogens (tertiary/aromatic N) is 1. The van der Waals surface area contributed by atoms with E-state index < -0.39 is 0 Å². The van der Waals surface area contributed by atoms with Crippen molar-refractivity contribution in [1.82, 2.24) is 15.5 Å². The SMILES string of the molecule is Cc1cccc(C(=O)NC[C@H]2[C@H]3CN(C(=O)NC(C)C)C[C@]34CC[C@H]2O4)c1C. The molecule has 6 nitrogen and oxygen atoms in total. The Balaban J connectivity index is 1.43. The van der Waals surface area contributed by atoms with Crippen LogP contribution in [0.3, 0.4) is 0 Å². The standard InChI is InChI=1S/C22H31N3O3/c1-13(2)24-21(27)25-11-18-17(19-8-9-22(18,12-25)28-19)10-23-20(26)16-7-5-6-14(3)15(16)4/h5-7,13,17-19H,8-12H2,1-4H3,(H,23,26)(H,24,27)/t17-,18+,19+,22+/m0/s1. The van der Waals surface area contributed by atoms with Gasteiger partial charge in [0.25, 0.3) is 5.91 Å². The van der Waals surface area contributed by atoms with Crippen molar-refractivity contribution in [3.63, 3.8) is 0 Å². The van der Waals surface area contributed by atoms with Crippen LogP contribution in [0, 0.1) is 25.7 Å². The van der Waals surface area contributed by atoms with Crippen LogP contribution >= 0.6 is 0 Å². The van der Waals surface area contributed by atoms with Gasteiger partial charge in [0, 0.05) is 36.5 Å². The number of urea groups is 1. The van der Waals surface area contributed by atoms with E-state index in [-0.39, 0.29) is 35.6 Å². The molecule has 4 atom stereocenters. The highest BCUT2D eigenvalue weighted by atomic mass is 16.5. The zero-order chi connectivity index (χ0) is 20.1. The van der Waals surface area contributed by atoms with Crippen LogP contribution in [0.4, 0.5) is 4.79 Å². The summed E-state index contributed by atoms with van der Waals surface area (Å²) >= 11 is 0. The maximum atomic E-state index is 12.7. The molecule has 1 spiro atoms. The van der Waals surface area contributed by atoms with E-state index in [1.165, 1.54) is 0 Å². The van der Waals surface area contributed by atoms with Crippen molar-refractivity contribution >= 4 is 11.9 Å². The number of hydrogen-bond acceptors (Lipinski definition) is 3. The molecule has 0 aliphatic carbocycles. The highest BCUT2D eigenvalue weighted by molar-refractivity contribution is 5.95. The fourth-order valence-electron chi connectivity index (χ4n) is 5.26. The lowest BCUT2D eigenvalue weighted by atomic mass is 9.73. The fraction of sp³-hybridized carbons (Fsp3) is 0.636. The second kappa shape index (κ2) is 7.07. The molecular formula is C22H31N3O3. The van der Waals surface area contributed by atoms with Crippen molar-refractivity contribution < 1.29 is 14.3 Å². The predicted molar refractivity (Wildman–Crippen MR) is 107 cm³/mol. The maximum absolute atomic E-state index is 12.7. The van der Waals surface area contributed by atoms with Gasteiger partial charge in [-0.1, -0.05) is 12.1 Å². The summed E-state index contributed by atoms with van der Waals surface area (Å²) in [6.07, 6.45) is 2.22. The molecule has 3 heterocycles. The first-order valence-corrected chi connectivity index (χ1v) is 10.4. The summed E-state index contributed by atoms with van der Waals surface area (Å²) in [5.41, 5.74) is 2.67. The molecule has 0 aromatic heterocycles. The summed E-state index contributed by atoms with van der Waals surface area (Å²) in [6, 6.07) is 5.94. The number of aryl methyl sites for hydroxylation is 1. The minimum Gasteiger partial charge on any atom is -0.369 e. The average molecular weight is 386 g/mol. The lowest BCUT2D eigenvalue weighted by Gasteiger charge is -2.29. The number of amides is 3. The van der Waals surface area contributed by atoms with Crippen molar-refractivity contribution in [3.8, 4) is 0 Å². The molecule has 0 unspecified atom stereocenters. The van der Waals surface area contributed by atoms with Gasteiger partial charge in [-0.3, -0.25) is 4.79 Å². The van der Waals surface area contributed by atoms with Crippen LogP contribution in [0.15, 0.2) is 18.2 Å². The van der Waals surface area contributed by atoms with E-state index >= 15 is 0 Å². The molecule has 3 amide bonds. The lowest BCUT2D eigenvalue weighted by Crippen LogP contribution is -2.43. The van der Waals surface area contributed by atoms with Crippen LogP contribution in [0.2, 0.25) is 0 Å². The molecule has 6 heteroatoms. The van der Waals surface area contributed by atoms with Gasteiger partial charge in [-0.25, -0.2) is 4.79 Å². The third kappa shape index (κ3) is 3.17. The highest BCUT2D eigenvalue weighted by Gasteiger charge is 2.63. The third-order valence-electron chi connectivity index (χ3n) is 6.83. The van der Waals surface area contributed by atoms with E-state index in [1.54, 1.807) is 0 Å². The number of rotatable bonds is 4. The Kier molecular flexibility index (Phi) is 4.86. The van der Waals surface area contributed by atoms with Crippen LogP contribution in [-0.2, 0) is 4.74 Å². The number of nitrogens with one attached hydrogen (secondary N) is 2. The molecular weight excluding hydrogens is 354 g/mol. The fourth-order valence-corrected chi connectivity index (χ4v) is 5.26. The molecule has 3 fully saturated rings. The number of carbonyl (C=O) groups excluding carboxylic acids is 2.